The predicted molar refractivity (Wildman–Crippen MR) is 107 cm³/mol. The number of carbonyl (C=O) groups is 2. The highest BCUT2D eigenvalue weighted by Gasteiger charge is 2.32. The maximum atomic E-state index is 12.6. The summed E-state index contributed by atoms with van der Waals surface area (Å²) in [6.07, 6.45) is -0.554. The SMILES string of the molecule is O=C(C[C@@H]1OC(=O)c2ccccc21)NCc1ccc(S(=O)(=O)N2CCOCC2)cc1. The number of morpholine rings is 1. The van der Waals surface area contributed by atoms with E-state index >= 15 is 0 Å². The lowest BCUT2D eigenvalue weighted by molar-refractivity contribution is -0.123. The molecule has 0 radical (unpaired) electrons. The summed E-state index contributed by atoms with van der Waals surface area (Å²) in [6, 6.07) is 13.5. The van der Waals surface area contributed by atoms with E-state index in [1.807, 2.05) is 0 Å². The normalized spacial score (nSPS) is 19.2. The average molecular weight is 430 g/mol. The number of rotatable bonds is 6. The van der Waals surface area contributed by atoms with E-state index in [4.69, 9.17) is 9.47 Å². The van der Waals surface area contributed by atoms with Gasteiger partial charge in [-0.25, -0.2) is 13.2 Å². The molecule has 2 aromatic carbocycles. The average Bonchev–Trinajstić information content (AvgIpc) is 3.09. The van der Waals surface area contributed by atoms with Gasteiger partial charge in [0.05, 0.1) is 30.1 Å². The molecule has 30 heavy (non-hydrogen) atoms. The Kier molecular flexibility index (Phi) is 5.85. The minimum absolute atomic E-state index is 0.0340. The van der Waals surface area contributed by atoms with E-state index in [1.54, 1.807) is 48.5 Å². The summed E-state index contributed by atoms with van der Waals surface area (Å²) in [5, 5.41) is 2.79. The molecule has 8 nitrogen and oxygen atoms in total. The summed E-state index contributed by atoms with van der Waals surface area (Å²) in [7, 11) is -3.54. The molecule has 2 aliphatic heterocycles. The van der Waals surface area contributed by atoms with Gasteiger partial charge in [0.25, 0.3) is 0 Å². The number of sulfonamides is 1. The molecule has 0 aliphatic carbocycles. The molecule has 1 saturated heterocycles. The summed E-state index contributed by atoms with van der Waals surface area (Å²) in [5.74, 6) is -0.671. The number of esters is 1. The second kappa shape index (κ2) is 8.55. The predicted octanol–water partition coefficient (Wildman–Crippen LogP) is 1.63. The third-order valence-electron chi connectivity index (χ3n) is 5.17. The molecule has 1 N–H and O–H groups in total. The highest BCUT2D eigenvalue weighted by Crippen LogP contribution is 2.32. The molecule has 4 rings (SSSR count). The topological polar surface area (TPSA) is 102 Å². The number of amides is 1. The minimum Gasteiger partial charge on any atom is -0.453 e. The molecule has 9 heteroatoms. The summed E-state index contributed by atoms with van der Waals surface area (Å²) in [4.78, 5) is 24.4. The van der Waals surface area contributed by atoms with Crippen LogP contribution in [0.1, 0.15) is 34.0 Å². The minimum atomic E-state index is -3.54. The van der Waals surface area contributed by atoms with Gasteiger partial charge in [-0.3, -0.25) is 4.79 Å². The zero-order chi connectivity index (χ0) is 21.1. The van der Waals surface area contributed by atoms with Crippen molar-refractivity contribution in [3.05, 3.63) is 65.2 Å². The van der Waals surface area contributed by atoms with Crippen LogP contribution >= 0.6 is 0 Å². The molecule has 0 aromatic heterocycles. The lowest BCUT2D eigenvalue weighted by atomic mass is 10.0. The molecular weight excluding hydrogens is 408 g/mol. The Morgan fingerprint density at radius 1 is 1.07 bits per heavy atom. The molecule has 0 bridgehead atoms. The molecule has 1 atom stereocenters. The summed E-state index contributed by atoms with van der Waals surface area (Å²) < 4.78 is 37.2. The van der Waals surface area contributed by atoms with Crippen molar-refractivity contribution < 1.29 is 27.5 Å². The Hall–Kier alpha value is -2.75. The zero-order valence-corrected chi connectivity index (χ0v) is 17.1. The molecule has 2 heterocycles. The molecule has 0 unspecified atom stereocenters. The third kappa shape index (κ3) is 4.23. The van der Waals surface area contributed by atoms with E-state index in [2.05, 4.69) is 5.32 Å². The quantitative estimate of drug-likeness (QED) is 0.699. The second-order valence-corrected chi connectivity index (χ2v) is 9.06. The van der Waals surface area contributed by atoms with Crippen LogP contribution in [-0.4, -0.2) is 50.9 Å². The Balaban J connectivity index is 1.33. The Morgan fingerprint density at radius 3 is 2.50 bits per heavy atom. The van der Waals surface area contributed by atoms with Crippen LogP contribution in [-0.2, 0) is 30.8 Å². The summed E-state index contributed by atoms with van der Waals surface area (Å²) >= 11 is 0. The summed E-state index contributed by atoms with van der Waals surface area (Å²) in [5.41, 5.74) is 1.98. The fourth-order valence-corrected chi connectivity index (χ4v) is 4.94. The van der Waals surface area contributed by atoms with Gasteiger partial charge in [-0.1, -0.05) is 30.3 Å². The van der Waals surface area contributed by atoms with Gasteiger partial charge < -0.3 is 14.8 Å². The molecular formula is C21H22N2O6S. The number of hydrogen-bond donors (Lipinski definition) is 1. The molecule has 1 fully saturated rings. The van der Waals surface area contributed by atoms with Crippen LogP contribution in [0.15, 0.2) is 53.4 Å². The van der Waals surface area contributed by atoms with E-state index < -0.39 is 22.1 Å². The standard InChI is InChI=1S/C21H22N2O6S/c24-20(13-19-17-3-1-2-4-18(17)21(25)29-19)22-14-15-5-7-16(8-6-15)30(26,27)23-9-11-28-12-10-23/h1-8,19H,9-14H2,(H,22,24)/t19-/m0/s1. The second-order valence-electron chi connectivity index (χ2n) is 7.12. The van der Waals surface area contributed by atoms with Gasteiger partial charge in [-0.2, -0.15) is 4.31 Å². The Bertz CT molecular complexity index is 1050. The Morgan fingerprint density at radius 2 is 1.77 bits per heavy atom. The van der Waals surface area contributed by atoms with Crippen molar-refractivity contribution in [2.75, 3.05) is 26.3 Å². The number of fused-ring (bicyclic) bond motifs is 1. The van der Waals surface area contributed by atoms with Crippen LogP contribution in [0, 0.1) is 0 Å². The Labute approximate surface area is 174 Å². The first kappa shape index (κ1) is 20.5. The van der Waals surface area contributed by atoms with E-state index in [-0.39, 0.29) is 23.8 Å². The van der Waals surface area contributed by atoms with Gasteiger partial charge in [0.1, 0.15) is 6.10 Å². The van der Waals surface area contributed by atoms with Crippen molar-refractivity contribution in [1.82, 2.24) is 9.62 Å². The first-order valence-corrected chi connectivity index (χ1v) is 11.1. The zero-order valence-electron chi connectivity index (χ0n) is 16.2. The van der Waals surface area contributed by atoms with Crippen molar-refractivity contribution >= 4 is 21.9 Å². The monoisotopic (exact) mass is 430 g/mol. The van der Waals surface area contributed by atoms with Crippen molar-refractivity contribution in [1.29, 1.82) is 0 Å². The number of nitrogens with one attached hydrogen (secondary N) is 1. The van der Waals surface area contributed by atoms with Crippen molar-refractivity contribution in [3.8, 4) is 0 Å². The van der Waals surface area contributed by atoms with Crippen LogP contribution < -0.4 is 5.32 Å². The number of cyclic esters (lactones) is 1. The van der Waals surface area contributed by atoms with Crippen molar-refractivity contribution in [2.24, 2.45) is 0 Å². The van der Waals surface area contributed by atoms with Gasteiger partial charge >= 0.3 is 5.97 Å². The lowest BCUT2D eigenvalue weighted by Crippen LogP contribution is -2.40. The molecule has 2 aromatic rings. The van der Waals surface area contributed by atoms with Crippen LogP contribution in [0.5, 0.6) is 0 Å². The fourth-order valence-electron chi connectivity index (χ4n) is 3.53. The smallest absolute Gasteiger partial charge is 0.339 e. The number of ether oxygens (including phenoxy) is 2. The van der Waals surface area contributed by atoms with Crippen LogP contribution in [0.3, 0.4) is 0 Å². The van der Waals surface area contributed by atoms with Gasteiger partial charge in [0, 0.05) is 25.2 Å². The lowest BCUT2D eigenvalue weighted by Gasteiger charge is -2.26. The maximum Gasteiger partial charge on any atom is 0.339 e. The molecule has 1 amide bonds. The van der Waals surface area contributed by atoms with E-state index in [9.17, 15) is 18.0 Å². The number of hydrogen-bond acceptors (Lipinski definition) is 6. The van der Waals surface area contributed by atoms with Crippen LogP contribution in [0.2, 0.25) is 0 Å². The van der Waals surface area contributed by atoms with Crippen LogP contribution in [0.25, 0.3) is 0 Å². The maximum absolute atomic E-state index is 12.6. The van der Waals surface area contributed by atoms with Crippen molar-refractivity contribution in [2.45, 2.75) is 24.0 Å². The number of carbonyl (C=O) groups excluding carboxylic acids is 2. The van der Waals surface area contributed by atoms with Gasteiger partial charge in [-0.05, 0) is 23.8 Å². The number of nitrogens with zero attached hydrogens (tertiary/aromatic N) is 1. The fraction of sp³-hybridized carbons (Fsp3) is 0.333. The highest BCUT2D eigenvalue weighted by molar-refractivity contribution is 7.89. The van der Waals surface area contributed by atoms with Gasteiger partial charge in [0.2, 0.25) is 15.9 Å². The molecule has 0 spiro atoms. The van der Waals surface area contributed by atoms with Gasteiger partial charge in [-0.15, -0.1) is 0 Å². The molecule has 158 valence electrons. The first-order valence-electron chi connectivity index (χ1n) is 9.68. The van der Waals surface area contributed by atoms with Crippen molar-refractivity contribution in [3.63, 3.8) is 0 Å². The van der Waals surface area contributed by atoms with Crippen LogP contribution in [0.4, 0.5) is 0 Å². The molecule has 0 saturated carbocycles. The van der Waals surface area contributed by atoms with E-state index in [1.165, 1.54) is 4.31 Å². The largest absolute Gasteiger partial charge is 0.453 e. The van der Waals surface area contributed by atoms with E-state index in [0.717, 1.165) is 11.1 Å². The summed E-state index contributed by atoms with van der Waals surface area (Å²) in [6.45, 7) is 1.72. The first-order chi connectivity index (χ1) is 14.4. The number of benzene rings is 2. The third-order valence-corrected chi connectivity index (χ3v) is 7.08. The van der Waals surface area contributed by atoms with Gasteiger partial charge in [0.15, 0.2) is 0 Å². The highest BCUT2D eigenvalue weighted by atomic mass is 32.2. The van der Waals surface area contributed by atoms with E-state index in [0.29, 0.717) is 31.9 Å². The molecule has 2 aliphatic rings.